The lowest BCUT2D eigenvalue weighted by molar-refractivity contribution is -0.109. The average molecular weight is 182 g/mol. The maximum absolute atomic E-state index is 10.4. The maximum atomic E-state index is 10.4. The van der Waals surface area contributed by atoms with Crippen LogP contribution in [-0.4, -0.2) is 37.0 Å². The zero-order valence-electron chi connectivity index (χ0n) is 6.24. The minimum atomic E-state index is -0.629. The number of hydrogen-bond donors (Lipinski definition) is 2. The summed E-state index contributed by atoms with van der Waals surface area (Å²) in [5.41, 5.74) is 0. The number of aldehydes is 1. The van der Waals surface area contributed by atoms with Crippen LogP contribution in [0.4, 0.5) is 4.79 Å². The molecular weight excluding hydrogens is 175 g/mol. The molecule has 6 heteroatoms. The molecular formula is C6H7BN2O2S. The molecule has 12 heavy (non-hydrogen) atoms. The summed E-state index contributed by atoms with van der Waals surface area (Å²) in [5, 5.41) is 5.18. The van der Waals surface area contributed by atoms with E-state index in [4.69, 9.17) is 20.1 Å². The molecule has 1 aliphatic rings. The quantitative estimate of drug-likeness (QED) is 0.331. The van der Waals surface area contributed by atoms with Crippen molar-refractivity contribution in [2.24, 2.45) is 0 Å². The van der Waals surface area contributed by atoms with Gasteiger partial charge in [0.2, 0.25) is 7.85 Å². The van der Waals surface area contributed by atoms with Gasteiger partial charge in [-0.05, 0) is 0 Å². The van der Waals surface area contributed by atoms with Crippen molar-refractivity contribution in [1.82, 2.24) is 10.6 Å². The molecule has 0 aromatic rings. The number of carbonyl (C=O) groups excluding carboxylic acids is 2. The first kappa shape index (κ1) is 9.19. The molecule has 2 atom stereocenters. The van der Waals surface area contributed by atoms with Crippen molar-refractivity contribution < 1.29 is 9.59 Å². The predicted octanol–water partition coefficient (Wildman–Crippen LogP) is -0.879. The molecule has 0 unspecified atom stereocenters. The van der Waals surface area contributed by atoms with E-state index in [1.807, 2.05) is 0 Å². The van der Waals surface area contributed by atoms with Gasteiger partial charge in [-0.15, -0.1) is 0 Å². The van der Waals surface area contributed by atoms with Crippen LogP contribution in [0.15, 0.2) is 0 Å². The highest BCUT2D eigenvalue weighted by atomic mass is 32.1. The highest BCUT2D eigenvalue weighted by Gasteiger charge is 2.28. The van der Waals surface area contributed by atoms with E-state index >= 15 is 0 Å². The van der Waals surface area contributed by atoms with Crippen molar-refractivity contribution in [1.29, 1.82) is 0 Å². The highest BCUT2D eigenvalue weighted by molar-refractivity contribution is 7.80. The number of amides is 1. The van der Waals surface area contributed by atoms with Gasteiger partial charge >= 0.3 is 0 Å². The fourth-order valence-corrected chi connectivity index (χ4v) is 1.40. The third-order valence-electron chi connectivity index (χ3n) is 1.61. The van der Waals surface area contributed by atoms with Crippen LogP contribution < -0.4 is 10.6 Å². The second-order valence-electron chi connectivity index (χ2n) is 2.55. The first-order chi connectivity index (χ1) is 5.63. The number of hydrogen-bond acceptors (Lipinski definition) is 3. The zero-order chi connectivity index (χ0) is 9.14. The van der Waals surface area contributed by atoms with Crippen LogP contribution in [0.5, 0.6) is 0 Å². The van der Waals surface area contributed by atoms with Crippen LogP contribution in [-0.2, 0) is 4.79 Å². The largest absolute Gasteiger partial charge is 0.368 e. The third kappa shape index (κ3) is 2.04. The van der Waals surface area contributed by atoms with Crippen molar-refractivity contribution in [2.75, 3.05) is 0 Å². The first-order valence-electron chi connectivity index (χ1n) is 3.45. The first-order valence-corrected chi connectivity index (χ1v) is 3.86. The van der Waals surface area contributed by atoms with Gasteiger partial charge in [-0.1, -0.05) is 12.2 Å². The molecule has 1 aliphatic heterocycles. The average Bonchev–Trinajstić information content (AvgIpc) is 2.31. The monoisotopic (exact) mass is 182 g/mol. The van der Waals surface area contributed by atoms with Crippen LogP contribution in [0.1, 0.15) is 6.42 Å². The number of carbonyl (C=O) groups is 2. The number of rotatable bonds is 2. The molecule has 2 N–H and O–H groups in total. The van der Waals surface area contributed by atoms with Gasteiger partial charge in [-0.2, -0.15) is 0 Å². The van der Waals surface area contributed by atoms with Crippen molar-refractivity contribution in [3.63, 3.8) is 0 Å². The molecule has 0 aliphatic carbocycles. The van der Waals surface area contributed by atoms with Crippen molar-refractivity contribution in [3.05, 3.63) is 0 Å². The van der Waals surface area contributed by atoms with E-state index in [1.54, 1.807) is 0 Å². The van der Waals surface area contributed by atoms with Crippen molar-refractivity contribution >= 4 is 37.1 Å². The summed E-state index contributed by atoms with van der Waals surface area (Å²) in [6.07, 6.45) is 1.24. The van der Waals surface area contributed by atoms with Crippen molar-refractivity contribution in [2.45, 2.75) is 18.5 Å². The summed E-state index contributed by atoms with van der Waals surface area (Å²) in [5.74, 6) is -0.629. The lowest BCUT2D eigenvalue weighted by Gasteiger charge is -2.08. The molecule has 62 valence electrons. The zero-order valence-corrected chi connectivity index (χ0v) is 7.06. The van der Waals surface area contributed by atoms with Gasteiger partial charge in [0.25, 0.3) is 0 Å². The molecule has 1 amide bonds. The fourth-order valence-electron chi connectivity index (χ4n) is 1.09. The minimum absolute atomic E-state index is 0.297. The Balaban J connectivity index is 2.51. The Kier molecular flexibility index (Phi) is 2.81. The van der Waals surface area contributed by atoms with E-state index in [9.17, 15) is 9.59 Å². The third-order valence-corrected chi connectivity index (χ3v) is 2.02. The molecule has 1 heterocycles. The van der Waals surface area contributed by atoms with E-state index in [2.05, 4.69) is 10.6 Å². The fraction of sp³-hybridized carbons (Fsp3) is 0.500. The Morgan fingerprint density at radius 3 is 2.92 bits per heavy atom. The standard InChI is InChI=1S/C6H7BN2O2S/c7-6(11)9-4-1-3(2-10)8-5(4)12/h2-4H,1H2,(H,8,12)(H,9,11)/t3-,4+/m1/s1. The Bertz CT molecular complexity index is 234. The Morgan fingerprint density at radius 1 is 1.83 bits per heavy atom. The van der Waals surface area contributed by atoms with Crippen molar-refractivity contribution in [3.8, 4) is 0 Å². The summed E-state index contributed by atoms with van der Waals surface area (Å²) >= 11 is 4.86. The van der Waals surface area contributed by atoms with E-state index in [0.717, 1.165) is 6.29 Å². The van der Waals surface area contributed by atoms with E-state index < -0.39 is 5.81 Å². The Morgan fingerprint density at radius 2 is 2.50 bits per heavy atom. The van der Waals surface area contributed by atoms with Gasteiger partial charge < -0.3 is 15.4 Å². The van der Waals surface area contributed by atoms with E-state index in [-0.39, 0.29) is 12.1 Å². The molecule has 0 saturated carbocycles. The van der Waals surface area contributed by atoms with E-state index in [0.29, 0.717) is 11.4 Å². The molecule has 0 spiro atoms. The summed E-state index contributed by atoms with van der Waals surface area (Å²) in [7, 11) is 4.90. The molecule has 2 radical (unpaired) electrons. The number of nitrogens with one attached hydrogen (secondary N) is 2. The lowest BCUT2D eigenvalue weighted by atomic mass is 10.1. The lowest BCUT2D eigenvalue weighted by Crippen LogP contribution is -2.38. The van der Waals surface area contributed by atoms with Crippen LogP contribution in [0.2, 0.25) is 0 Å². The van der Waals surface area contributed by atoms with Crippen LogP contribution in [0.25, 0.3) is 0 Å². The second kappa shape index (κ2) is 3.66. The topological polar surface area (TPSA) is 58.2 Å². The Hall–Kier alpha value is -0.905. The molecule has 1 saturated heterocycles. The summed E-state index contributed by atoms with van der Waals surface area (Å²) in [6.45, 7) is 0. The van der Waals surface area contributed by atoms with Gasteiger partial charge in [0.1, 0.15) is 6.29 Å². The predicted molar refractivity (Wildman–Crippen MR) is 48.3 cm³/mol. The smallest absolute Gasteiger partial charge is 0.200 e. The highest BCUT2D eigenvalue weighted by Crippen LogP contribution is 2.07. The van der Waals surface area contributed by atoms with Gasteiger partial charge in [0.15, 0.2) is 5.81 Å². The molecule has 0 bridgehead atoms. The molecule has 1 rings (SSSR count). The van der Waals surface area contributed by atoms with Gasteiger partial charge in [-0.3, -0.25) is 4.79 Å². The second-order valence-corrected chi connectivity index (χ2v) is 2.99. The van der Waals surface area contributed by atoms with Crippen LogP contribution >= 0.6 is 12.2 Å². The maximum Gasteiger partial charge on any atom is 0.200 e. The van der Waals surface area contributed by atoms with Gasteiger partial charge in [0, 0.05) is 6.42 Å². The molecule has 0 aromatic carbocycles. The molecule has 1 fully saturated rings. The van der Waals surface area contributed by atoms with E-state index in [1.165, 1.54) is 0 Å². The Labute approximate surface area is 76.5 Å². The van der Waals surface area contributed by atoms with Gasteiger partial charge in [-0.25, -0.2) is 0 Å². The SMILES string of the molecule is [B]C(=O)N[C@H]1C[C@H](C=O)NC1=S. The van der Waals surface area contributed by atoms with Crippen LogP contribution in [0.3, 0.4) is 0 Å². The molecule has 4 nitrogen and oxygen atoms in total. The summed E-state index contributed by atoms with van der Waals surface area (Å²) < 4.78 is 0. The number of thiocarbonyl (C=S) groups is 1. The van der Waals surface area contributed by atoms with Crippen LogP contribution in [0, 0.1) is 0 Å². The molecule has 0 aromatic heterocycles. The normalized spacial score (nSPS) is 27.8. The summed E-state index contributed by atoms with van der Waals surface area (Å²) in [6, 6.07) is -0.595. The minimum Gasteiger partial charge on any atom is -0.368 e. The summed E-state index contributed by atoms with van der Waals surface area (Å²) in [4.78, 5) is 21.2. The van der Waals surface area contributed by atoms with Gasteiger partial charge in [0.05, 0.1) is 17.1 Å².